The number of rotatable bonds is 7. The third-order valence-corrected chi connectivity index (χ3v) is 3.63. The van der Waals surface area contributed by atoms with Crippen molar-refractivity contribution in [3.05, 3.63) is 0 Å². The van der Waals surface area contributed by atoms with E-state index in [1.807, 2.05) is 0 Å². The molecule has 1 rings (SSSR count). The molecule has 17 heavy (non-hydrogen) atoms. The highest BCUT2D eigenvalue weighted by Crippen LogP contribution is 2.23. The Balaban J connectivity index is 2.34. The summed E-state index contributed by atoms with van der Waals surface area (Å²) in [6.45, 7) is 12.5. The maximum atomic E-state index is 5.20. The molecule has 0 aromatic carbocycles. The molecule has 102 valence electrons. The number of hydrogen-bond donors (Lipinski definition) is 1. The second-order valence-corrected chi connectivity index (χ2v) is 6.04. The fraction of sp³-hybridized carbons (Fsp3) is 1.00. The van der Waals surface area contributed by atoms with Crippen molar-refractivity contribution in [1.29, 1.82) is 0 Å². The summed E-state index contributed by atoms with van der Waals surface area (Å²) in [5.74, 6) is 0. The summed E-state index contributed by atoms with van der Waals surface area (Å²) >= 11 is 0. The zero-order valence-electron chi connectivity index (χ0n) is 12.1. The second kappa shape index (κ2) is 7.34. The van der Waals surface area contributed by atoms with E-state index in [-0.39, 0.29) is 0 Å². The van der Waals surface area contributed by atoms with Crippen LogP contribution in [0.5, 0.6) is 0 Å². The SMILES string of the molecule is CCNC1CCCN(CC(C)(C)CCOC)C1. The largest absolute Gasteiger partial charge is 0.385 e. The van der Waals surface area contributed by atoms with Crippen molar-refractivity contribution in [1.82, 2.24) is 10.2 Å². The van der Waals surface area contributed by atoms with Gasteiger partial charge in [0.1, 0.15) is 0 Å². The Morgan fingerprint density at radius 3 is 2.82 bits per heavy atom. The van der Waals surface area contributed by atoms with E-state index in [2.05, 4.69) is 31.0 Å². The zero-order chi connectivity index (χ0) is 12.7. The average molecular weight is 242 g/mol. The van der Waals surface area contributed by atoms with Crippen LogP contribution >= 0.6 is 0 Å². The van der Waals surface area contributed by atoms with E-state index < -0.39 is 0 Å². The number of ether oxygens (including phenoxy) is 1. The molecule has 0 amide bonds. The van der Waals surface area contributed by atoms with Gasteiger partial charge in [-0.05, 0) is 37.8 Å². The smallest absolute Gasteiger partial charge is 0.0467 e. The van der Waals surface area contributed by atoms with Crippen LogP contribution < -0.4 is 5.32 Å². The lowest BCUT2D eigenvalue weighted by Gasteiger charge is -2.38. The standard InChI is InChI=1S/C14H30N2O/c1-5-15-13-7-6-9-16(11-13)12-14(2,3)8-10-17-4/h13,15H,5-12H2,1-4H3. The lowest BCUT2D eigenvalue weighted by molar-refractivity contribution is 0.0969. The molecule has 0 spiro atoms. The minimum Gasteiger partial charge on any atom is -0.385 e. The van der Waals surface area contributed by atoms with E-state index >= 15 is 0 Å². The Labute approximate surface area is 107 Å². The molecular weight excluding hydrogens is 212 g/mol. The van der Waals surface area contributed by atoms with Crippen LogP contribution in [0.3, 0.4) is 0 Å². The number of hydrogen-bond acceptors (Lipinski definition) is 3. The molecule has 0 aromatic rings. The number of piperidine rings is 1. The van der Waals surface area contributed by atoms with E-state index in [1.54, 1.807) is 7.11 Å². The molecular formula is C14H30N2O. The Kier molecular flexibility index (Phi) is 6.45. The van der Waals surface area contributed by atoms with Crippen molar-refractivity contribution < 1.29 is 4.74 Å². The molecule has 1 heterocycles. The van der Waals surface area contributed by atoms with Crippen molar-refractivity contribution >= 4 is 0 Å². The van der Waals surface area contributed by atoms with Crippen LogP contribution in [0.1, 0.15) is 40.0 Å². The summed E-state index contributed by atoms with van der Waals surface area (Å²) in [6.07, 6.45) is 3.81. The Bertz CT molecular complexity index is 204. The number of likely N-dealkylation sites (N-methyl/N-ethyl adjacent to an activating group) is 1. The third-order valence-electron chi connectivity index (χ3n) is 3.63. The highest BCUT2D eigenvalue weighted by molar-refractivity contribution is 4.82. The monoisotopic (exact) mass is 242 g/mol. The van der Waals surface area contributed by atoms with Crippen molar-refractivity contribution in [3.8, 4) is 0 Å². The van der Waals surface area contributed by atoms with Gasteiger partial charge in [-0.15, -0.1) is 0 Å². The topological polar surface area (TPSA) is 24.5 Å². The van der Waals surface area contributed by atoms with E-state index in [1.165, 1.54) is 32.5 Å². The first kappa shape index (κ1) is 14.9. The second-order valence-electron chi connectivity index (χ2n) is 6.04. The summed E-state index contributed by atoms with van der Waals surface area (Å²) in [6, 6.07) is 0.701. The van der Waals surface area contributed by atoms with Gasteiger partial charge in [-0.25, -0.2) is 0 Å². The summed E-state index contributed by atoms with van der Waals surface area (Å²) < 4.78 is 5.20. The Morgan fingerprint density at radius 1 is 1.41 bits per heavy atom. The fourth-order valence-electron chi connectivity index (χ4n) is 2.72. The fourth-order valence-corrected chi connectivity index (χ4v) is 2.72. The van der Waals surface area contributed by atoms with E-state index in [4.69, 9.17) is 4.74 Å². The predicted molar refractivity (Wildman–Crippen MR) is 73.4 cm³/mol. The number of methoxy groups -OCH3 is 1. The highest BCUT2D eigenvalue weighted by Gasteiger charge is 2.25. The summed E-state index contributed by atoms with van der Waals surface area (Å²) in [7, 11) is 1.79. The van der Waals surface area contributed by atoms with Gasteiger partial charge in [0.05, 0.1) is 0 Å². The van der Waals surface area contributed by atoms with Crippen LogP contribution in [0.25, 0.3) is 0 Å². The van der Waals surface area contributed by atoms with Crippen molar-refractivity contribution in [2.45, 2.75) is 46.1 Å². The van der Waals surface area contributed by atoms with Gasteiger partial charge < -0.3 is 15.0 Å². The lowest BCUT2D eigenvalue weighted by atomic mass is 9.88. The van der Waals surface area contributed by atoms with Gasteiger partial charge in [0.15, 0.2) is 0 Å². The van der Waals surface area contributed by atoms with Crippen molar-refractivity contribution in [3.63, 3.8) is 0 Å². The molecule has 0 saturated carbocycles. The molecule has 3 heteroatoms. The van der Waals surface area contributed by atoms with Gasteiger partial charge in [-0.2, -0.15) is 0 Å². The van der Waals surface area contributed by atoms with Gasteiger partial charge in [0.2, 0.25) is 0 Å². The highest BCUT2D eigenvalue weighted by atomic mass is 16.5. The van der Waals surface area contributed by atoms with Crippen LogP contribution in [0.15, 0.2) is 0 Å². The van der Waals surface area contributed by atoms with E-state index in [0.29, 0.717) is 11.5 Å². The third kappa shape index (κ3) is 5.84. The first-order valence-electron chi connectivity index (χ1n) is 7.02. The first-order chi connectivity index (χ1) is 8.07. The minimum absolute atomic E-state index is 0.365. The number of nitrogens with zero attached hydrogens (tertiary/aromatic N) is 1. The lowest BCUT2D eigenvalue weighted by Crippen LogP contribution is -2.48. The molecule has 1 saturated heterocycles. The molecule has 1 N–H and O–H groups in total. The van der Waals surface area contributed by atoms with Crippen LogP contribution in [0, 0.1) is 5.41 Å². The van der Waals surface area contributed by atoms with Gasteiger partial charge in [0, 0.05) is 32.8 Å². The van der Waals surface area contributed by atoms with Crippen LogP contribution in [-0.4, -0.2) is 50.8 Å². The molecule has 0 aliphatic carbocycles. The van der Waals surface area contributed by atoms with Crippen molar-refractivity contribution in [2.75, 3.05) is 39.9 Å². The normalized spacial score (nSPS) is 22.9. The molecule has 0 radical (unpaired) electrons. The van der Waals surface area contributed by atoms with Gasteiger partial charge in [0.25, 0.3) is 0 Å². The van der Waals surface area contributed by atoms with Crippen molar-refractivity contribution in [2.24, 2.45) is 5.41 Å². The number of likely N-dealkylation sites (tertiary alicyclic amines) is 1. The van der Waals surface area contributed by atoms with Gasteiger partial charge in [-0.3, -0.25) is 0 Å². The van der Waals surface area contributed by atoms with Gasteiger partial charge >= 0.3 is 0 Å². The maximum absolute atomic E-state index is 5.20. The number of nitrogens with one attached hydrogen (secondary N) is 1. The summed E-state index contributed by atoms with van der Waals surface area (Å²) in [5, 5.41) is 3.58. The Morgan fingerprint density at radius 2 is 2.18 bits per heavy atom. The molecule has 3 nitrogen and oxygen atoms in total. The molecule has 1 atom stereocenters. The predicted octanol–water partition coefficient (Wildman–Crippen LogP) is 2.12. The van der Waals surface area contributed by atoms with Crippen LogP contribution in [0.4, 0.5) is 0 Å². The minimum atomic E-state index is 0.365. The maximum Gasteiger partial charge on any atom is 0.0467 e. The summed E-state index contributed by atoms with van der Waals surface area (Å²) in [4.78, 5) is 2.62. The van der Waals surface area contributed by atoms with Crippen LogP contribution in [-0.2, 0) is 4.74 Å². The molecule has 0 bridgehead atoms. The van der Waals surface area contributed by atoms with Crippen LogP contribution in [0.2, 0.25) is 0 Å². The molecule has 1 aliphatic rings. The molecule has 1 unspecified atom stereocenters. The zero-order valence-corrected chi connectivity index (χ0v) is 12.1. The van der Waals surface area contributed by atoms with E-state index in [0.717, 1.165) is 19.6 Å². The molecule has 1 aliphatic heterocycles. The molecule has 1 fully saturated rings. The van der Waals surface area contributed by atoms with Gasteiger partial charge in [-0.1, -0.05) is 20.8 Å². The average Bonchev–Trinajstić information content (AvgIpc) is 2.27. The molecule has 0 aromatic heterocycles. The quantitative estimate of drug-likeness (QED) is 0.740. The first-order valence-corrected chi connectivity index (χ1v) is 7.02. The van der Waals surface area contributed by atoms with E-state index in [9.17, 15) is 0 Å². The Hall–Kier alpha value is -0.120. The summed E-state index contributed by atoms with van der Waals surface area (Å²) in [5.41, 5.74) is 0.365.